The van der Waals surface area contributed by atoms with Gasteiger partial charge in [0.2, 0.25) is 0 Å². The average Bonchev–Trinajstić information content (AvgIpc) is 2.96. The predicted octanol–water partition coefficient (Wildman–Crippen LogP) is 2.76. The third-order valence-corrected chi connectivity index (χ3v) is 3.93. The third kappa shape index (κ3) is 3.85. The molecule has 2 heterocycles. The van der Waals surface area contributed by atoms with Gasteiger partial charge in [0.05, 0.1) is 19.0 Å². The van der Waals surface area contributed by atoms with Gasteiger partial charge in [0.15, 0.2) is 5.75 Å². The number of pyridine rings is 1. The Kier molecular flexibility index (Phi) is 5.65. The predicted molar refractivity (Wildman–Crippen MR) is 83.7 cm³/mol. The molecule has 1 aliphatic heterocycles. The van der Waals surface area contributed by atoms with Gasteiger partial charge in [0.1, 0.15) is 0 Å². The Morgan fingerprint density at radius 1 is 1.50 bits per heavy atom. The topological polar surface area (TPSA) is 37.4 Å². The quantitative estimate of drug-likeness (QED) is 0.831. The maximum absolute atomic E-state index is 5.50. The van der Waals surface area contributed by atoms with Crippen LogP contribution in [0.5, 0.6) is 5.75 Å². The molecule has 0 amide bonds. The van der Waals surface area contributed by atoms with Gasteiger partial charge >= 0.3 is 0 Å². The lowest BCUT2D eigenvalue weighted by Crippen LogP contribution is -2.38. The second-order valence-electron chi connectivity index (χ2n) is 5.59. The van der Waals surface area contributed by atoms with Crippen LogP contribution in [0.2, 0.25) is 0 Å². The summed E-state index contributed by atoms with van der Waals surface area (Å²) in [6, 6.07) is 2.74. The van der Waals surface area contributed by atoms with Crippen LogP contribution in [0.25, 0.3) is 0 Å². The van der Waals surface area contributed by atoms with E-state index in [9.17, 15) is 0 Å². The fourth-order valence-electron chi connectivity index (χ4n) is 2.77. The standard InChI is InChI=1S/C16H27N3O/c1-4-5-9-19(12-14-7-6-8-17-14)15-10-13(2)18-11-16(15)20-3/h10-11,14,17H,4-9,12H2,1-3H3. The van der Waals surface area contributed by atoms with Crippen molar-refractivity contribution in [2.75, 3.05) is 31.6 Å². The third-order valence-electron chi connectivity index (χ3n) is 3.93. The monoisotopic (exact) mass is 277 g/mol. The molecule has 0 aliphatic carbocycles. The average molecular weight is 277 g/mol. The number of hydrogen-bond donors (Lipinski definition) is 1. The molecule has 112 valence electrons. The van der Waals surface area contributed by atoms with E-state index >= 15 is 0 Å². The molecule has 4 nitrogen and oxygen atoms in total. The van der Waals surface area contributed by atoms with Gasteiger partial charge in [-0.05, 0) is 38.8 Å². The van der Waals surface area contributed by atoms with Crippen LogP contribution < -0.4 is 15.0 Å². The van der Waals surface area contributed by atoms with Gasteiger partial charge in [-0.1, -0.05) is 13.3 Å². The number of methoxy groups -OCH3 is 1. The van der Waals surface area contributed by atoms with Gasteiger partial charge in [-0.3, -0.25) is 4.98 Å². The van der Waals surface area contributed by atoms with Crippen LogP contribution in [0.4, 0.5) is 5.69 Å². The molecule has 0 aromatic carbocycles. The highest BCUT2D eigenvalue weighted by Crippen LogP contribution is 2.29. The number of aromatic nitrogens is 1. The van der Waals surface area contributed by atoms with E-state index in [2.05, 4.69) is 28.2 Å². The number of nitrogens with zero attached hydrogens (tertiary/aromatic N) is 2. The van der Waals surface area contributed by atoms with Crippen molar-refractivity contribution in [2.45, 2.75) is 45.6 Å². The summed E-state index contributed by atoms with van der Waals surface area (Å²) >= 11 is 0. The van der Waals surface area contributed by atoms with Crippen LogP contribution in [0.15, 0.2) is 12.3 Å². The summed E-state index contributed by atoms with van der Waals surface area (Å²) in [7, 11) is 1.72. The Balaban J connectivity index is 2.17. The van der Waals surface area contributed by atoms with E-state index in [4.69, 9.17) is 4.74 Å². The first-order valence-electron chi connectivity index (χ1n) is 7.73. The van der Waals surface area contributed by atoms with E-state index < -0.39 is 0 Å². The van der Waals surface area contributed by atoms with Gasteiger partial charge in [-0.15, -0.1) is 0 Å². The lowest BCUT2D eigenvalue weighted by molar-refractivity contribution is 0.411. The summed E-state index contributed by atoms with van der Waals surface area (Å²) in [6.07, 6.45) is 6.82. The first-order chi connectivity index (χ1) is 9.74. The van der Waals surface area contributed by atoms with E-state index in [1.54, 1.807) is 7.11 Å². The zero-order chi connectivity index (χ0) is 14.4. The van der Waals surface area contributed by atoms with Gasteiger partial charge < -0.3 is 15.0 Å². The molecule has 4 heteroatoms. The zero-order valence-electron chi connectivity index (χ0n) is 13.0. The lowest BCUT2D eigenvalue weighted by atomic mass is 10.1. The van der Waals surface area contributed by atoms with Crippen LogP contribution in [0.1, 0.15) is 38.3 Å². The Hall–Kier alpha value is -1.29. The SMILES string of the molecule is CCCCN(CC1CCCN1)c1cc(C)ncc1OC. The molecule has 1 aromatic rings. The van der Waals surface area contributed by atoms with Crippen molar-refractivity contribution in [3.05, 3.63) is 18.0 Å². The summed E-state index contributed by atoms with van der Waals surface area (Å²) in [4.78, 5) is 6.80. The van der Waals surface area contributed by atoms with Crippen LogP contribution >= 0.6 is 0 Å². The van der Waals surface area contributed by atoms with Crippen LogP contribution in [0.3, 0.4) is 0 Å². The number of rotatable bonds is 7. The zero-order valence-corrected chi connectivity index (χ0v) is 13.0. The van der Waals surface area contributed by atoms with Gasteiger partial charge in [-0.25, -0.2) is 0 Å². The molecule has 1 unspecified atom stereocenters. The van der Waals surface area contributed by atoms with Crippen molar-refractivity contribution in [3.63, 3.8) is 0 Å². The summed E-state index contributed by atoms with van der Waals surface area (Å²) in [5.74, 6) is 0.879. The van der Waals surface area contributed by atoms with E-state index in [0.717, 1.165) is 31.1 Å². The van der Waals surface area contributed by atoms with Crippen LogP contribution in [0, 0.1) is 6.92 Å². The highest BCUT2D eigenvalue weighted by Gasteiger charge is 2.20. The van der Waals surface area contributed by atoms with E-state index in [1.807, 2.05) is 13.1 Å². The highest BCUT2D eigenvalue weighted by atomic mass is 16.5. The fraction of sp³-hybridized carbons (Fsp3) is 0.688. The summed E-state index contributed by atoms with van der Waals surface area (Å²) in [6.45, 7) is 7.56. The molecular formula is C16H27N3O. The van der Waals surface area contributed by atoms with E-state index in [0.29, 0.717) is 6.04 Å². The fourth-order valence-corrected chi connectivity index (χ4v) is 2.77. The largest absolute Gasteiger partial charge is 0.493 e. The van der Waals surface area contributed by atoms with Crippen molar-refractivity contribution in [1.82, 2.24) is 10.3 Å². The minimum Gasteiger partial charge on any atom is -0.493 e. The molecule has 1 aromatic heterocycles. The number of aryl methyl sites for hydroxylation is 1. The molecule has 1 saturated heterocycles. The minimum absolute atomic E-state index is 0.602. The van der Waals surface area contributed by atoms with Crippen LogP contribution in [-0.4, -0.2) is 37.8 Å². The van der Waals surface area contributed by atoms with Crippen molar-refractivity contribution in [2.24, 2.45) is 0 Å². The molecule has 1 N–H and O–H groups in total. The Labute approximate surface area is 122 Å². The van der Waals surface area contributed by atoms with E-state index in [-0.39, 0.29) is 0 Å². The normalized spacial score (nSPS) is 18.2. The Bertz CT molecular complexity index is 416. The van der Waals surface area contributed by atoms with Gasteiger partial charge in [-0.2, -0.15) is 0 Å². The number of nitrogens with one attached hydrogen (secondary N) is 1. The molecule has 0 bridgehead atoms. The van der Waals surface area contributed by atoms with Crippen LogP contribution in [-0.2, 0) is 0 Å². The molecule has 0 spiro atoms. The first-order valence-corrected chi connectivity index (χ1v) is 7.73. The molecule has 0 radical (unpaired) electrons. The molecule has 1 fully saturated rings. The number of anilines is 1. The highest BCUT2D eigenvalue weighted by molar-refractivity contribution is 5.58. The van der Waals surface area contributed by atoms with Gasteiger partial charge in [0.25, 0.3) is 0 Å². The van der Waals surface area contributed by atoms with Crippen molar-refractivity contribution < 1.29 is 4.74 Å². The second-order valence-corrected chi connectivity index (χ2v) is 5.59. The molecule has 1 atom stereocenters. The van der Waals surface area contributed by atoms with Crippen molar-refractivity contribution in [3.8, 4) is 5.75 Å². The smallest absolute Gasteiger partial charge is 0.160 e. The summed E-state index contributed by atoms with van der Waals surface area (Å²) in [5.41, 5.74) is 2.23. The minimum atomic E-state index is 0.602. The maximum Gasteiger partial charge on any atom is 0.160 e. The Morgan fingerprint density at radius 2 is 2.35 bits per heavy atom. The number of unbranched alkanes of at least 4 members (excludes halogenated alkanes) is 1. The Morgan fingerprint density at radius 3 is 3.00 bits per heavy atom. The van der Waals surface area contributed by atoms with Crippen molar-refractivity contribution in [1.29, 1.82) is 0 Å². The number of ether oxygens (including phenoxy) is 1. The first kappa shape index (κ1) is 15.1. The molecule has 20 heavy (non-hydrogen) atoms. The lowest BCUT2D eigenvalue weighted by Gasteiger charge is -2.29. The number of hydrogen-bond acceptors (Lipinski definition) is 4. The second kappa shape index (κ2) is 7.48. The molecule has 2 rings (SSSR count). The van der Waals surface area contributed by atoms with Crippen molar-refractivity contribution >= 4 is 5.69 Å². The summed E-state index contributed by atoms with van der Waals surface area (Å²) < 4.78 is 5.50. The molecule has 1 aliphatic rings. The maximum atomic E-state index is 5.50. The molecule has 0 saturated carbocycles. The summed E-state index contributed by atoms with van der Waals surface area (Å²) in [5, 5.41) is 3.59. The van der Waals surface area contributed by atoms with E-state index in [1.165, 1.54) is 31.4 Å². The van der Waals surface area contributed by atoms with Gasteiger partial charge in [0, 0.05) is 24.8 Å². The molecular weight excluding hydrogens is 250 g/mol.